The fourth-order valence-corrected chi connectivity index (χ4v) is 2.74. The van der Waals surface area contributed by atoms with Gasteiger partial charge in [0.15, 0.2) is 11.2 Å². The van der Waals surface area contributed by atoms with Crippen molar-refractivity contribution >= 4 is 66.0 Å². The molecular weight excluding hydrogens is 399 g/mol. The summed E-state index contributed by atoms with van der Waals surface area (Å²) in [6.45, 7) is 3.76. The summed E-state index contributed by atoms with van der Waals surface area (Å²) < 4.78 is 1.67. The molecule has 0 spiro atoms. The van der Waals surface area contributed by atoms with Crippen molar-refractivity contribution in [2.24, 2.45) is 5.92 Å². The van der Waals surface area contributed by atoms with Crippen LogP contribution in [0, 0.1) is 5.92 Å². The molecule has 1 aliphatic rings. The molecule has 3 atom stereocenters. The van der Waals surface area contributed by atoms with E-state index in [9.17, 15) is 15.0 Å². The zero-order valence-electron chi connectivity index (χ0n) is 10.7. The van der Waals surface area contributed by atoms with Gasteiger partial charge in [-0.15, -0.1) is 0 Å². The quantitative estimate of drug-likeness (QED) is 0.339. The Morgan fingerprint density at radius 2 is 2.29 bits per heavy atom. The van der Waals surface area contributed by atoms with Gasteiger partial charge >= 0.3 is 48.9 Å². The summed E-state index contributed by atoms with van der Waals surface area (Å²) in [7, 11) is 0. The molecule has 1 aliphatic carbocycles. The zero-order valence-corrected chi connectivity index (χ0v) is 10.7. The van der Waals surface area contributed by atoms with E-state index in [0.717, 1.165) is 0 Å². The van der Waals surface area contributed by atoms with Crippen LogP contribution in [0.15, 0.2) is 23.3 Å². The number of nitrogens with one attached hydrogen (secondary N) is 1. The van der Waals surface area contributed by atoms with Crippen molar-refractivity contribution < 1.29 is 10.2 Å². The Morgan fingerprint density at radius 3 is 2.90 bits per heavy atom. The second-order valence-electron chi connectivity index (χ2n) is 4.96. The molecule has 2 aromatic rings. The zero-order chi connectivity index (χ0) is 14.4. The van der Waals surface area contributed by atoms with Crippen LogP contribution < -0.4 is 11.3 Å². The van der Waals surface area contributed by atoms with Crippen molar-refractivity contribution in [2.45, 2.75) is 18.6 Å². The second kappa shape index (κ2) is 6.25. The molecule has 0 aliphatic heterocycles. The maximum atomic E-state index is 11.7. The molecule has 0 saturated heterocycles. The van der Waals surface area contributed by atoms with Gasteiger partial charge in [0.05, 0.1) is 25.1 Å². The first-order valence-corrected chi connectivity index (χ1v) is 6.23. The van der Waals surface area contributed by atoms with Crippen LogP contribution in [0.2, 0.25) is 0 Å². The van der Waals surface area contributed by atoms with E-state index in [-0.39, 0.29) is 78.9 Å². The Morgan fingerprint density at radius 1 is 1.57 bits per heavy atom. The minimum absolute atomic E-state index is 0. The van der Waals surface area contributed by atoms with E-state index in [1.165, 1.54) is 6.33 Å². The summed E-state index contributed by atoms with van der Waals surface area (Å²) >= 11 is 0. The summed E-state index contributed by atoms with van der Waals surface area (Å²) in [5.74, 6) is -0.371. The van der Waals surface area contributed by atoms with Crippen LogP contribution in [0.1, 0.15) is 12.5 Å². The number of H-pyrrole nitrogens is 1. The first-order valence-electron chi connectivity index (χ1n) is 6.23. The van der Waals surface area contributed by atoms with Crippen LogP contribution in [0.3, 0.4) is 0 Å². The van der Waals surface area contributed by atoms with Crippen molar-refractivity contribution in [1.82, 2.24) is 19.5 Å². The number of fused-ring (bicyclic) bond motifs is 1. The average molecular weight is 417 g/mol. The van der Waals surface area contributed by atoms with Crippen molar-refractivity contribution in [3.63, 3.8) is 0 Å². The van der Waals surface area contributed by atoms with Crippen LogP contribution in [0.25, 0.3) is 11.2 Å². The Bertz CT molecular complexity index is 740. The molecule has 9 heteroatoms. The third kappa shape index (κ3) is 2.72. The summed E-state index contributed by atoms with van der Waals surface area (Å²) in [6, 6.07) is -0.263. The van der Waals surface area contributed by atoms with Crippen LogP contribution >= 0.6 is 0 Å². The molecule has 3 rings (SSSR count). The van der Waals surface area contributed by atoms with E-state index in [1.54, 1.807) is 4.57 Å². The standard InChI is InChI=1S/C12H15N5O3.Ba.2H/c1-5-6(3-18)8(19)2-7(5)17-4-14-9-10(17)15-12(13)16-11(9)20;;;/h4,6-8,18-19H,1-3H2,(H3,13,15,16,20);;;/t6-,7-,8-;;;/m0.../s1. The second-order valence-corrected chi connectivity index (χ2v) is 4.96. The van der Waals surface area contributed by atoms with E-state index in [2.05, 4.69) is 21.5 Å². The molecular formula is C12H17BaN5O3. The topological polar surface area (TPSA) is 130 Å². The van der Waals surface area contributed by atoms with Gasteiger partial charge in [0.1, 0.15) is 0 Å². The Labute approximate surface area is 160 Å². The molecule has 0 aromatic carbocycles. The van der Waals surface area contributed by atoms with Gasteiger partial charge in [-0.2, -0.15) is 4.98 Å². The van der Waals surface area contributed by atoms with Crippen molar-refractivity contribution in [3.05, 3.63) is 28.8 Å². The Hall–Kier alpha value is -0.619. The Balaban J connectivity index is 0.00000161. The molecule has 1 fully saturated rings. The SMILES string of the molecule is C=C1[C@H](CO)[C@@H](O)C[C@@H]1n1cnc2c(=O)[nH]c(N)nc21.[BaH2]. The molecule has 2 heterocycles. The first kappa shape index (κ1) is 16.7. The number of anilines is 1. The first-order chi connectivity index (χ1) is 9.52. The molecule has 0 bridgehead atoms. The van der Waals surface area contributed by atoms with E-state index in [1.807, 2.05) is 0 Å². The molecule has 0 radical (unpaired) electrons. The van der Waals surface area contributed by atoms with Gasteiger partial charge in [0.25, 0.3) is 5.56 Å². The normalized spacial score (nSPS) is 25.2. The number of aromatic nitrogens is 4. The van der Waals surface area contributed by atoms with Gasteiger partial charge < -0.3 is 20.5 Å². The number of imidazole rings is 1. The number of nitrogens with zero attached hydrogens (tertiary/aromatic N) is 3. The average Bonchev–Trinajstić information content (AvgIpc) is 2.91. The van der Waals surface area contributed by atoms with E-state index < -0.39 is 11.7 Å². The van der Waals surface area contributed by atoms with E-state index >= 15 is 0 Å². The minimum atomic E-state index is -0.672. The van der Waals surface area contributed by atoms with Crippen molar-refractivity contribution in [3.8, 4) is 0 Å². The Kier molecular flexibility index (Phi) is 4.98. The number of aliphatic hydroxyl groups excluding tert-OH is 2. The van der Waals surface area contributed by atoms with Crippen LogP contribution in [-0.2, 0) is 0 Å². The number of hydrogen-bond acceptors (Lipinski definition) is 6. The molecule has 8 nitrogen and oxygen atoms in total. The van der Waals surface area contributed by atoms with Crippen LogP contribution in [-0.4, -0.2) is 91.3 Å². The monoisotopic (exact) mass is 417 g/mol. The third-order valence-corrected chi connectivity index (χ3v) is 3.82. The van der Waals surface area contributed by atoms with Gasteiger partial charge in [-0.25, -0.2) is 4.98 Å². The van der Waals surface area contributed by atoms with Crippen LogP contribution in [0.4, 0.5) is 5.95 Å². The van der Waals surface area contributed by atoms with Crippen LogP contribution in [0.5, 0.6) is 0 Å². The number of rotatable bonds is 2. The molecule has 21 heavy (non-hydrogen) atoms. The third-order valence-electron chi connectivity index (χ3n) is 3.82. The predicted molar refractivity (Wildman–Crippen MR) is 80.5 cm³/mol. The van der Waals surface area contributed by atoms with Gasteiger partial charge in [-0.3, -0.25) is 9.78 Å². The molecule has 110 valence electrons. The number of nitrogen functional groups attached to an aromatic ring is 1. The number of aliphatic hydroxyl groups is 2. The molecule has 0 unspecified atom stereocenters. The molecule has 2 aromatic heterocycles. The fourth-order valence-electron chi connectivity index (χ4n) is 2.74. The predicted octanol–water partition coefficient (Wildman–Crippen LogP) is -1.74. The maximum absolute atomic E-state index is 11.7. The number of aromatic amines is 1. The summed E-state index contributed by atoms with van der Waals surface area (Å²) in [5.41, 5.74) is 6.37. The molecule has 0 amide bonds. The fraction of sp³-hybridized carbons (Fsp3) is 0.417. The van der Waals surface area contributed by atoms with E-state index in [4.69, 9.17) is 5.73 Å². The summed E-state index contributed by atoms with van der Waals surface area (Å²) in [4.78, 5) is 22.2. The van der Waals surface area contributed by atoms with Crippen molar-refractivity contribution in [1.29, 1.82) is 0 Å². The van der Waals surface area contributed by atoms with Gasteiger partial charge in [0.2, 0.25) is 5.95 Å². The number of hydrogen-bond donors (Lipinski definition) is 4. The summed E-state index contributed by atoms with van der Waals surface area (Å²) in [5, 5.41) is 19.2. The van der Waals surface area contributed by atoms with E-state index in [0.29, 0.717) is 17.6 Å². The molecule has 1 saturated carbocycles. The number of nitrogens with two attached hydrogens (primary N) is 1. The van der Waals surface area contributed by atoms with Gasteiger partial charge in [-0.1, -0.05) is 6.58 Å². The molecule has 5 N–H and O–H groups in total. The van der Waals surface area contributed by atoms with Crippen molar-refractivity contribution in [2.75, 3.05) is 12.3 Å². The summed E-state index contributed by atoms with van der Waals surface area (Å²) in [6.07, 6.45) is 1.20. The van der Waals surface area contributed by atoms with Gasteiger partial charge in [-0.05, 0) is 12.0 Å². The van der Waals surface area contributed by atoms with Gasteiger partial charge in [0, 0.05) is 5.92 Å².